The van der Waals surface area contributed by atoms with E-state index >= 15 is 0 Å². The molecule has 20 heavy (non-hydrogen) atoms. The van der Waals surface area contributed by atoms with Gasteiger partial charge in [-0.2, -0.15) is 16.4 Å². The molecule has 0 spiro atoms. The van der Waals surface area contributed by atoms with E-state index in [9.17, 15) is 0 Å². The van der Waals surface area contributed by atoms with Crippen LogP contribution in [0.1, 0.15) is 16.7 Å². The number of hydrogen-bond acceptors (Lipinski definition) is 3. The van der Waals surface area contributed by atoms with Crippen molar-refractivity contribution in [3.8, 4) is 11.3 Å². The van der Waals surface area contributed by atoms with Crippen molar-refractivity contribution >= 4 is 11.3 Å². The van der Waals surface area contributed by atoms with Crippen LogP contribution in [0.3, 0.4) is 0 Å². The molecule has 3 aromatic rings. The number of aromatic nitrogens is 2. The van der Waals surface area contributed by atoms with E-state index < -0.39 is 0 Å². The van der Waals surface area contributed by atoms with Gasteiger partial charge < -0.3 is 5.32 Å². The van der Waals surface area contributed by atoms with Crippen molar-refractivity contribution in [3.63, 3.8) is 0 Å². The van der Waals surface area contributed by atoms with Gasteiger partial charge in [0.25, 0.3) is 0 Å². The SMILES string of the molecule is Cc1cscc1CNCc1cn[nH]c1-c1ccccc1. The van der Waals surface area contributed by atoms with Crippen molar-refractivity contribution in [2.75, 3.05) is 0 Å². The smallest absolute Gasteiger partial charge is 0.0695 e. The van der Waals surface area contributed by atoms with Crippen LogP contribution in [0.5, 0.6) is 0 Å². The summed E-state index contributed by atoms with van der Waals surface area (Å²) in [7, 11) is 0. The number of hydrogen-bond donors (Lipinski definition) is 2. The summed E-state index contributed by atoms with van der Waals surface area (Å²) < 4.78 is 0. The zero-order valence-electron chi connectivity index (χ0n) is 11.4. The van der Waals surface area contributed by atoms with Crippen LogP contribution < -0.4 is 5.32 Å². The molecule has 0 saturated heterocycles. The highest BCUT2D eigenvalue weighted by Gasteiger charge is 2.07. The van der Waals surface area contributed by atoms with Crippen molar-refractivity contribution in [1.29, 1.82) is 0 Å². The van der Waals surface area contributed by atoms with Gasteiger partial charge in [-0.3, -0.25) is 5.10 Å². The Kier molecular flexibility index (Phi) is 3.95. The van der Waals surface area contributed by atoms with E-state index in [-0.39, 0.29) is 0 Å². The molecule has 0 unspecified atom stereocenters. The van der Waals surface area contributed by atoms with E-state index in [0.717, 1.165) is 18.8 Å². The van der Waals surface area contributed by atoms with Crippen LogP contribution in [0.25, 0.3) is 11.3 Å². The number of nitrogens with one attached hydrogen (secondary N) is 2. The van der Waals surface area contributed by atoms with Crippen molar-refractivity contribution in [2.45, 2.75) is 20.0 Å². The number of benzene rings is 1. The van der Waals surface area contributed by atoms with E-state index in [0.29, 0.717) is 0 Å². The first-order valence-corrected chi connectivity index (χ1v) is 7.59. The number of H-pyrrole nitrogens is 1. The third-order valence-corrected chi connectivity index (χ3v) is 4.28. The highest BCUT2D eigenvalue weighted by molar-refractivity contribution is 7.08. The van der Waals surface area contributed by atoms with Crippen LogP contribution in [0.4, 0.5) is 0 Å². The first-order chi connectivity index (χ1) is 9.84. The van der Waals surface area contributed by atoms with Crippen LogP contribution in [-0.2, 0) is 13.1 Å². The predicted molar refractivity (Wildman–Crippen MR) is 83.6 cm³/mol. The summed E-state index contributed by atoms with van der Waals surface area (Å²) in [6.07, 6.45) is 1.90. The fourth-order valence-corrected chi connectivity index (χ4v) is 3.06. The van der Waals surface area contributed by atoms with Gasteiger partial charge in [-0.05, 0) is 34.4 Å². The minimum atomic E-state index is 0.815. The molecule has 102 valence electrons. The third kappa shape index (κ3) is 2.81. The maximum absolute atomic E-state index is 4.17. The predicted octanol–water partition coefficient (Wildman–Crippen LogP) is 3.74. The molecule has 4 heteroatoms. The van der Waals surface area contributed by atoms with Gasteiger partial charge in [0.05, 0.1) is 11.9 Å². The Hall–Kier alpha value is -1.91. The van der Waals surface area contributed by atoms with Crippen LogP contribution in [0, 0.1) is 6.92 Å². The minimum Gasteiger partial charge on any atom is -0.308 e. The third-order valence-electron chi connectivity index (χ3n) is 3.37. The van der Waals surface area contributed by atoms with E-state index in [2.05, 4.69) is 45.3 Å². The Morgan fingerprint density at radius 1 is 1.10 bits per heavy atom. The van der Waals surface area contributed by atoms with Gasteiger partial charge in [-0.15, -0.1) is 0 Å². The van der Waals surface area contributed by atoms with Gasteiger partial charge in [0.1, 0.15) is 0 Å². The van der Waals surface area contributed by atoms with Crippen LogP contribution in [0.15, 0.2) is 47.3 Å². The molecule has 0 amide bonds. The molecule has 2 aromatic heterocycles. The maximum atomic E-state index is 4.17. The summed E-state index contributed by atoms with van der Waals surface area (Å²) in [6.45, 7) is 3.87. The highest BCUT2D eigenvalue weighted by atomic mass is 32.1. The molecular weight excluding hydrogens is 266 g/mol. The van der Waals surface area contributed by atoms with E-state index in [1.54, 1.807) is 11.3 Å². The molecule has 0 fully saturated rings. The number of aromatic amines is 1. The lowest BCUT2D eigenvalue weighted by molar-refractivity contribution is 0.693. The molecule has 0 aliphatic heterocycles. The van der Waals surface area contributed by atoms with Gasteiger partial charge in [-0.25, -0.2) is 0 Å². The average Bonchev–Trinajstić information content (AvgIpc) is 3.10. The molecule has 1 aromatic carbocycles. The largest absolute Gasteiger partial charge is 0.308 e. The van der Waals surface area contributed by atoms with Crippen molar-refractivity contribution < 1.29 is 0 Å². The quantitative estimate of drug-likeness (QED) is 0.749. The Labute approximate surface area is 122 Å². The summed E-state index contributed by atoms with van der Waals surface area (Å²) in [4.78, 5) is 0. The normalized spacial score (nSPS) is 10.8. The molecule has 3 nitrogen and oxygen atoms in total. The molecular formula is C16H17N3S. The molecule has 0 radical (unpaired) electrons. The lowest BCUT2D eigenvalue weighted by Gasteiger charge is -2.06. The summed E-state index contributed by atoms with van der Waals surface area (Å²) in [5.41, 5.74) is 6.20. The van der Waals surface area contributed by atoms with Crippen LogP contribution in [0.2, 0.25) is 0 Å². The summed E-state index contributed by atoms with van der Waals surface area (Å²) in [5, 5.41) is 15.1. The molecule has 2 heterocycles. The lowest BCUT2D eigenvalue weighted by Crippen LogP contribution is -2.12. The highest BCUT2D eigenvalue weighted by Crippen LogP contribution is 2.20. The van der Waals surface area contributed by atoms with E-state index in [1.165, 1.54) is 22.3 Å². The average molecular weight is 283 g/mol. The Morgan fingerprint density at radius 3 is 2.65 bits per heavy atom. The fourth-order valence-electron chi connectivity index (χ4n) is 2.20. The summed E-state index contributed by atoms with van der Waals surface area (Å²) >= 11 is 1.76. The van der Waals surface area contributed by atoms with E-state index in [1.807, 2.05) is 24.4 Å². The first-order valence-electron chi connectivity index (χ1n) is 6.64. The number of rotatable bonds is 5. The zero-order chi connectivity index (χ0) is 13.8. The standard InChI is InChI=1S/C16H17N3S/c1-12-10-20-11-15(12)8-17-7-14-9-18-19-16(14)13-5-3-2-4-6-13/h2-6,9-11,17H,7-8H2,1H3,(H,18,19). The van der Waals surface area contributed by atoms with Crippen molar-refractivity contribution in [1.82, 2.24) is 15.5 Å². The lowest BCUT2D eigenvalue weighted by atomic mass is 10.1. The second-order valence-electron chi connectivity index (χ2n) is 4.82. The monoisotopic (exact) mass is 283 g/mol. The van der Waals surface area contributed by atoms with Crippen LogP contribution in [-0.4, -0.2) is 10.2 Å². The first kappa shape index (κ1) is 13.1. The molecule has 3 rings (SSSR count). The second-order valence-corrected chi connectivity index (χ2v) is 5.56. The maximum Gasteiger partial charge on any atom is 0.0695 e. The van der Waals surface area contributed by atoms with Crippen molar-refractivity contribution in [2.24, 2.45) is 0 Å². The number of aryl methyl sites for hydroxylation is 1. The fraction of sp³-hybridized carbons (Fsp3) is 0.188. The van der Waals surface area contributed by atoms with Gasteiger partial charge in [-0.1, -0.05) is 30.3 Å². The number of thiophene rings is 1. The van der Waals surface area contributed by atoms with E-state index in [4.69, 9.17) is 0 Å². The summed E-state index contributed by atoms with van der Waals surface area (Å²) in [5.74, 6) is 0. The molecule has 0 bridgehead atoms. The van der Waals surface area contributed by atoms with Crippen LogP contribution >= 0.6 is 11.3 Å². The zero-order valence-corrected chi connectivity index (χ0v) is 12.2. The van der Waals surface area contributed by atoms with Gasteiger partial charge in [0.15, 0.2) is 0 Å². The Bertz CT molecular complexity index is 670. The molecule has 0 saturated carbocycles. The minimum absolute atomic E-state index is 0.815. The summed E-state index contributed by atoms with van der Waals surface area (Å²) in [6, 6.07) is 10.3. The molecule has 0 atom stereocenters. The number of nitrogens with zero attached hydrogens (tertiary/aromatic N) is 1. The molecule has 0 aliphatic carbocycles. The Morgan fingerprint density at radius 2 is 1.90 bits per heavy atom. The molecule has 2 N–H and O–H groups in total. The van der Waals surface area contributed by atoms with Gasteiger partial charge in [0, 0.05) is 18.7 Å². The topological polar surface area (TPSA) is 40.7 Å². The second kappa shape index (κ2) is 6.03. The van der Waals surface area contributed by atoms with Crippen molar-refractivity contribution in [3.05, 3.63) is 64.0 Å². The van der Waals surface area contributed by atoms with Gasteiger partial charge in [0.2, 0.25) is 0 Å². The molecule has 0 aliphatic rings. The Balaban J connectivity index is 1.67. The van der Waals surface area contributed by atoms with Gasteiger partial charge >= 0.3 is 0 Å².